The molecular formula is C19H24ClN9O. The maximum atomic E-state index is 9.52. The second-order valence-corrected chi connectivity index (χ2v) is 7.90. The summed E-state index contributed by atoms with van der Waals surface area (Å²) >= 11 is 6.26. The first kappa shape index (κ1) is 20.4. The molecule has 10 nitrogen and oxygen atoms in total. The summed E-state index contributed by atoms with van der Waals surface area (Å²) in [6.07, 6.45) is 4.81. The minimum atomic E-state index is 0.0203. The van der Waals surface area contributed by atoms with Crippen LogP contribution < -0.4 is 16.4 Å². The molecule has 0 saturated heterocycles. The van der Waals surface area contributed by atoms with E-state index in [9.17, 15) is 5.26 Å². The Bertz CT molecular complexity index is 1110. The summed E-state index contributed by atoms with van der Waals surface area (Å²) in [6.45, 7) is 3.81. The van der Waals surface area contributed by atoms with Crippen LogP contribution in [0.25, 0.3) is 5.65 Å². The molecule has 0 radical (unpaired) electrons. The van der Waals surface area contributed by atoms with Gasteiger partial charge in [0.15, 0.2) is 5.65 Å². The third-order valence-corrected chi connectivity index (χ3v) is 5.83. The van der Waals surface area contributed by atoms with Crippen molar-refractivity contribution in [2.75, 3.05) is 37.3 Å². The number of aliphatic hydroxyl groups excluding tert-OH is 1. The average molecular weight is 430 g/mol. The molecule has 0 amide bonds. The molecule has 1 saturated carbocycles. The van der Waals surface area contributed by atoms with Crippen LogP contribution in [0, 0.1) is 18.3 Å². The number of rotatable bonds is 9. The van der Waals surface area contributed by atoms with E-state index in [2.05, 4.69) is 26.8 Å². The summed E-state index contributed by atoms with van der Waals surface area (Å²) in [6, 6.07) is 4.09. The Hall–Kier alpha value is -2.87. The van der Waals surface area contributed by atoms with E-state index < -0.39 is 0 Å². The van der Waals surface area contributed by atoms with Gasteiger partial charge in [0.25, 0.3) is 0 Å². The lowest BCUT2D eigenvalue weighted by molar-refractivity contribution is 0.283. The van der Waals surface area contributed by atoms with Gasteiger partial charge < -0.3 is 21.5 Å². The number of halogens is 1. The number of nitrogen functional groups attached to an aromatic ring is 1. The first-order valence-electron chi connectivity index (χ1n) is 9.84. The number of anilines is 2. The highest BCUT2D eigenvalue weighted by molar-refractivity contribution is 6.34. The third-order valence-electron chi connectivity index (χ3n) is 5.39. The molecule has 3 aromatic heterocycles. The minimum absolute atomic E-state index is 0.0203. The molecule has 0 aromatic carbocycles. The van der Waals surface area contributed by atoms with Crippen molar-refractivity contribution in [3.63, 3.8) is 0 Å². The Morgan fingerprint density at radius 2 is 2.17 bits per heavy atom. The molecule has 0 bridgehead atoms. The van der Waals surface area contributed by atoms with Gasteiger partial charge in [0, 0.05) is 32.3 Å². The Balaban J connectivity index is 1.44. The molecule has 1 aliphatic carbocycles. The molecule has 158 valence electrons. The number of nitrogens with one attached hydrogen (secondary N) is 2. The summed E-state index contributed by atoms with van der Waals surface area (Å²) in [7, 11) is 0. The summed E-state index contributed by atoms with van der Waals surface area (Å²) in [4.78, 5) is 4.46. The lowest BCUT2D eigenvalue weighted by Crippen LogP contribution is -2.33. The summed E-state index contributed by atoms with van der Waals surface area (Å²) in [5.74, 6) is 0.589. The second-order valence-electron chi connectivity index (χ2n) is 7.52. The molecule has 1 fully saturated rings. The lowest BCUT2D eigenvalue weighted by Gasteiger charge is -2.16. The van der Waals surface area contributed by atoms with Crippen LogP contribution >= 0.6 is 11.6 Å². The highest BCUT2D eigenvalue weighted by Crippen LogP contribution is 2.42. The molecular weight excluding hydrogens is 406 g/mol. The van der Waals surface area contributed by atoms with Gasteiger partial charge in [-0.3, -0.25) is 4.68 Å². The maximum Gasteiger partial charge on any atom is 0.178 e. The fourth-order valence-corrected chi connectivity index (χ4v) is 3.65. The van der Waals surface area contributed by atoms with E-state index in [1.54, 1.807) is 6.92 Å². The van der Waals surface area contributed by atoms with Gasteiger partial charge in [-0.2, -0.15) is 20.0 Å². The van der Waals surface area contributed by atoms with Crippen molar-refractivity contribution < 1.29 is 5.11 Å². The molecule has 4 rings (SSSR count). The quantitative estimate of drug-likeness (QED) is 0.370. The van der Waals surface area contributed by atoms with Crippen LogP contribution in [0.3, 0.4) is 0 Å². The van der Waals surface area contributed by atoms with E-state index in [4.69, 9.17) is 27.5 Å². The minimum Gasteiger partial charge on any atom is -0.395 e. The van der Waals surface area contributed by atoms with E-state index in [1.807, 2.05) is 16.9 Å². The Kier molecular flexibility index (Phi) is 5.51. The molecule has 3 aromatic rings. The number of aryl methyl sites for hydroxylation is 1. The fraction of sp³-hybridized carbons (Fsp3) is 0.474. The van der Waals surface area contributed by atoms with Gasteiger partial charge in [-0.25, -0.2) is 4.98 Å². The maximum absolute atomic E-state index is 9.52. The molecule has 5 N–H and O–H groups in total. The van der Waals surface area contributed by atoms with E-state index in [0.717, 1.165) is 25.1 Å². The number of nitrogens with two attached hydrogens (primary N) is 1. The number of nitriles is 1. The number of nitrogens with zero attached hydrogens (tertiary/aromatic N) is 6. The average Bonchev–Trinajstić information content (AvgIpc) is 3.26. The van der Waals surface area contributed by atoms with Crippen LogP contribution in [0.15, 0.2) is 12.3 Å². The standard InChI is InChI=1S/C19H24ClN9O/c1-12-15(20)18-25-17(14(10-21)16(22)29(18)26-12)24-6-2-13-3-8-28(27-13)19(4-5-19)11-23-7-9-30/h3,8,23,30H,2,4-7,9,11,22H2,1H3,(H,24,25). The molecule has 0 aliphatic heterocycles. The predicted octanol–water partition coefficient (Wildman–Crippen LogP) is 1.07. The number of hydrogen-bond acceptors (Lipinski definition) is 8. The summed E-state index contributed by atoms with van der Waals surface area (Å²) in [5, 5.41) is 34.3. The molecule has 3 heterocycles. The van der Waals surface area contributed by atoms with E-state index in [0.29, 0.717) is 41.7 Å². The van der Waals surface area contributed by atoms with Gasteiger partial charge in [-0.15, -0.1) is 0 Å². The zero-order chi connectivity index (χ0) is 21.3. The summed E-state index contributed by atoms with van der Waals surface area (Å²) in [5.41, 5.74) is 8.33. The molecule has 30 heavy (non-hydrogen) atoms. The van der Waals surface area contributed by atoms with Crippen LogP contribution in [0.1, 0.15) is 29.8 Å². The van der Waals surface area contributed by atoms with Crippen molar-refractivity contribution in [3.05, 3.63) is 34.2 Å². The molecule has 11 heteroatoms. The van der Waals surface area contributed by atoms with E-state index >= 15 is 0 Å². The van der Waals surface area contributed by atoms with Crippen LogP contribution in [0.5, 0.6) is 0 Å². The summed E-state index contributed by atoms with van der Waals surface area (Å²) < 4.78 is 3.41. The Labute approximate surface area is 178 Å². The Morgan fingerprint density at radius 1 is 1.37 bits per heavy atom. The van der Waals surface area contributed by atoms with Gasteiger partial charge in [0.1, 0.15) is 28.3 Å². The van der Waals surface area contributed by atoms with E-state index in [1.165, 1.54) is 4.52 Å². The number of aromatic nitrogens is 5. The van der Waals surface area contributed by atoms with Crippen molar-refractivity contribution in [3.8, 4) is 6.07 Å². The number of aliphatic hydroxyl groups is 1. The normalized spacial score (nSPS) is 14.7. The Morgan fingerprint density at radius 3 is 2.87 bits per heavy atom. The zero-order valence-electron chi connectivity index (χ0n) is 16.7. The van der Waals surface area contributed by atoms with Crippen LogP contribution in [0.4, 0.5) is 11.6 Å². The molecule has 0 spiro atoms. The highest BCUT2D eigenvalue weighted by atomic mass is 35.5. The number of hydrogen-bond donors (Lipinski definition) is 4. The topological polar surface area (TPSA) is 142 Å². The lowest BCUT2D eigenvalue weighted by atomic mass is 10.2. The van der Waals surface area contributed by atoms with Gasteiger partial charge in [-0.05, 0) is 25.8 Å². The fourth-order valence-electron chi connectivity index (χ4n) is 3.49. The largest absolute Gasteiger partial charge is 0.395 e. The second kappa shape index (κ2) is 8.10. The SMILES string of the molecule is Cc1nn2c(N)c(C#N)c(NCCc3ccn(C4(CNCCO)CC4)n3)nc2c1Cl. The van der Waals surface area contributed by atoms with Gasteiger partial charge in [-0.1, -0.05) is 11.6 Å². The first-order valence-corrected chi connectivity index (χ1v) is 10.2. The van der Waals surface area contributed by atoms with Gasteiger partial charge in [0.2, 0.25) is 0 Å². The molecule has 0 unspecified atom stereocenters. The third kappa shape index (κ3) is 3.67. The zero-order valence-corrected chi connectivity index (χ0v) is 17.4. The predicted molar refractivity (Wildman–Crippen MR) is 113 cm³/mol. The molecule has 1 aliphatic rings. The van der Waals surface area contributed by atoms with Gasteiger partial charge in [0.05, 0.1) is 23.5 Å². The van der Waals surface area contributed by atoms with Crippen molar-refractivity contribution in [1.82, 2.24) is 29.7 Å². The van der Waals surface area contributed by atoms with Crippen molar-refractivity contribution in [2.45, 2.75) is 31.7 Å². The molecule has 0 atom stereocenters. The van der Waals surface area contributed by atoms with Gasteiger partial charge >= 0.3 is 0 Å². The van der Waals surface area contributed by atoms with Crippen LogP contribution in [-0.4, -0.2) is 55.7 Å². The van der Waals surface area contributed by atoms with Crippen molar-refractivity contribution in [2.24, 2.45) is 0 Å². The first-order chi connectivity index (χ1) is 14.5. The van der Waals surface area contributed by atoms with Crippen LogP contribution in [-0.2, 0) is 12.0 Å². The smallest absolute Gasteiger partial charge is 0.178 e. The number of fused-ring (bicyclic) bond motifs is 1. The van der Waals surface area contributed by atoms with E-state index in [-0.39, 0.29) is 23.5 Å². The van der Waals surface area contributed by atoms with Crippen molar-refractivity contribution in [1.29, 1.82) is 5.26 Å². The van der Waals surface area contributed by atoms with Crippen molar-refractivity contribution >= 4 is 28.9 Å². The highest BCUT2D eigenvalue weighted by Gasteiger charge is 2.44. The monoisotopic (exact) mass is 429 g/mol. The van der Waals surface area contributed by atoms with Crippen LogP contribution in [0.2, 0.25) is 5.02 Å².